The highest BCUT2D eigenvalue weighted by Gasteiger charge is 2.01. The zero-order chi connectivity index (χ0) is 14.5. The molecular formula is C14H21NO5. The fraction of sp³-hybridized carbons (Fsp3) is 0.500. The molecular weight excluding hydrogens is 262 g/mol. The zero-order valence-electron chi connectivity index (χ0n) is 11.7. The molecule has 6 nitrogen and oxygen atoms in total. The summed E-state index contributed by atoms with van der Waals surface area (Å²) < 4.78 is 20.1. The van der Waals surface area contributed by atoms with Crippen molar-refractivity contribution in [3.63, 3.8) is 0 Å². The van der Waals surface area contributed by atoms with Crippen molar-refractivity contribution in [3.8, 4) is 0 Å². The highest BCUT2D eigenvalue weighted by atomic mass is 16.7. The molecule has 0 unspecified atom stereocenters. The molecule has 0 bridgehead atoms. The summed E-state index contributed by atoms with van der Waals surface area (Å²) in [7, 11) is 1.61. The van der Waals surface area contributed by atoms with Gasteiger partial charge in [0.25, 0.3) is 0 Å². The Morgan fingerprint density at radius 3 is 2.60 bits per heavy atom. The number of carbonyl (C=O) groups excluding carboxylic acids is 1. The number of carbonyl (C=O) groups is 1. The molecule has 1 aromatic rings. The molecule has 0 saturated heterocycles. The minimum absolute atomic E-state index is 0.185. The molecule has 1 rings (SSSR count). The minimum Gasteiger partial charge on any atom is -0.445 e. The molecule has 0 heterocycles. The van der Waals surface area contributed by atoms with Crippen LogP contribution in [0.3, 0.4) is 0 Å². The van der Waals surface area contributed by atoms with Crippen molar-refractivity contribution in [2.75, 3.05) is 40.3 Å². The van der Waals surface area contributed by atoms with Crippen LogP contribution in [-0.4, -0.2) is 46.4 Å². The average Bonchev–Trinajstić information content (AvgIpc) is 2.49. The van der Waals surface area contributed by atoms with Crippen LogP contribution in [0, 0.1) is 0 Å². The first-order valence-corrected chi connectivity index (χ1v) is 6.42. The summed E-state index contributed by atoms with van der Waals surface area (Å²) in [4.78, 5) is 11.4. The molecule has 0 aliphatic heterocycles. The predicted octanol–water partition coefficient (Wildman–Crippen LogP) is 1.55. The van der Waals surface area contributed by atoms with Crippen molar-refractivity contribution in [1.29, 1.82) is 0 Å². The Balaban J connectivity index is 1.93. The van der Waals surface area contributed by atoms with E-state index in [1.54, 1.807) is 7.11 Å². The number of ether oxygens (including phenoxy) is 4. The smallest absolute Gasteiger partial charge is 0.407 e. The molecule has 6 heteroatoms. The predicted molar refractivity (Wildman–Crippen MR) is 73.3 cm³/mol. The second kappa shape index (κ2) is 11.2. The second-order valence-corrected chi connectivity index (χ2v) is 3.92. The van der Waals surface area contributed by atoms with E-state index in [4.69, 9.17) is 18.9 Å². The van der Waals surface area contributed by atoms with Gasteiger partial charge in [0.2, 0.25) is 0 Å². The van der Waals surface area contributed by atoms with E-state index in [1.807, 2.05) is 30.3 Å². The largest absolute Gasteiger partial charge is 0.445 e. The van der Waals surface area contributed by atoms with E-state index in [9.17, 15) is 4.79 Å². The molecule has 0 spiro atoms. The summed E-state index contributed by atoms with van der Waals surface area (Å²) in [6.07, 6.45) is -0.460. The maximum Gasteiger partial charge on any atom is 0.407 e. The molecule has 0 aliphatic carbocycles. The third-order valence-corrected chi connectivity index (χ3v) is 2.33. The number of benzene rings is 1. The Hall–Kier alpha value is -1.63. The summed E-state index contributed by atoms with van der Waals surface area (Å²) in [6.45, 7) is 2.21. The third kappa shape index (κ3) is 8.47. The lowest BCUT2D eigenvalue weighted by atomic mass is 10.2. The SMILES string of the molecule is COCCOCOCCNC(=O)OCc1ccccc1. The monoisotopic (exact) mass is 283 g/mol. The van der Waals surface area contributed by atoms with E-state index in [1.165, 1.54) is 0 Å². The van der Waals surface area contributed by atoms with Gasteiger partial charge >= 0.3 is 6.09 Å². The molecule has 112 valence electrons. The highest BCUT2D eigenvalue weighted by molar-refractivity contribution is 5.67. The van der Waals surface area contributed by atoms with Gasteiger partial charge in [-0.1, -0.05) is 30.3 Å². The quantitative estimate of drug-likeness (QED) is 0.521. The van der Waals surface area contributed by atoms with Crippen LogP contribution in [0.2, 0.25) is 0 Å². The molecule has 0 aromatic heterocycles. The highest BCUT2D eigenvalue weighted by Crippen LogP contribution is 2.00. The first-order valence-electron chi connectivity index (χ1n) is 6.42. The Kier molecular flexibility index (Phi) is 9.21. The number of alkyl carbamates (subject to hydrolysis) is 1. The van der Waals surface area contributed by atoms with Gasteiger partial charge in [-0.2, -0.15) is 0 Å². The first kappa shape index (κ1) is 16.4. The molecule has 0 radical (unpaired) electrons. The summed E-state index contributed by atoms with van der Waals surface area (Å²) in [5.74, 6) is 0. The molecule has 0 fully saturated rings. The first-order chi connectivity index (χ1) is 9.83. The van der Waals surface area contributed by atoms with Crippen LogP contribution in [0.25, 0.3) is 0 Å². The Labute approximate surface area is 119 Å². The van der Waals surface area contributed by atoms with Crippen molar-refractivity contribution in [2.24, 2.45) is 0 Å². The fourth-order valence-corrected chi connectivity index (χ4v) is 1.32. The Morgan fingerprint density at radius 2 is 1.85 bits per heavy atom. The maximum absolute atomic E-state index is 11.4. The molecule has 1 aromatic carbocycles. The van der Waals surface area contributed by atoms with Crippen LogP contribution in [0.5, 0.6) is 0 Å². The number of hydrogen-bond acceptors (Lipinski definition) is 5. The van der Waals surface area contributed by atoms with Gasteiger partial charge in [0, 0.05) is 13.7 Å². The summed E-state index contributed by atoms with van der Waals surface area (Å²) >= 11 is 0. The second-order valence-electron chi connectivity index (χ2n) is 3.92. The summed E-state index contributed by atoms with van der Waals surface area (Å²) in [5.41, 5.74) is 0.949. The molecule has 0 aliphatic rings. The van der Waals surface area contributed by atoms with Gasteiger partial charge in [0.05, 0.1) is 19.8 Å². The third-order valence-electron chi connectivity index (χ3n) is 2.33. The standard InChI is InChI=1S/C14H21NO5/c1-17-9-10-19-12-18-8-7-15-14(16)20-11-13-5-3-2-4-6-13/h2-6H,7-12H2,1H3,(H,15,16). The van der Waals surface area contributed by atoms with E-state index < -0.39 is 6.09 Å². The number of hydrogen-bond donors (Lipinski definition) is 1. The van der Waals surface area contributed by atoms with Gasteiger partial charge in [0.1, 0.15) is 13.4 Å². The molecule has 0 atom stereocenters. The maximum atomic E-state index is 11.4. The van der Waals surface area contributed by atoms with Crippen LogP contribution < -0.4 is 5.32 Å². The van der Waals surface area contributed by atoms with Crippen LogP contribution in [0.15, 0.2) is 30.3 Å². The topological polar surface area (TPSA) is 66.0 Å². The van der Waals surface area contributed by atoms with Gasteiger partial charge in [-0.3, -0.25) is 0 Å². The lowest BCUT2D eigenvalue weighted by molar-refractivity contribution is -0.0643. The van der Waals surface area contributed by atoms with Gasteiger partial charge in [-0.25, -0.2) is 4.79 Å². The fourth-order valence-electron chi connectivity index (χ4n) is 1.32. The Bertz CT molecular complexity index is 358. The molecule has 0 saturated carbocycles. The number of nitrogens with one attached hydrogen (secondary N) is 1. The number of amides is 1. The normalized spacial score (nSPS) is 10.2. The van der Waals surface area contributed by atoms with Gasteiger partial charge in [0.15, 0.2) is 0 Å². The van der Waals surface area contributed by atoms with Crippen LogP contribution in [0.4, 0.5) is 4.79 Å². The van der Waals surface area contributed by atoms with E-state index in [0.717, 1.165) is 5.56 Å². The van der Waals surface area contributed by atoms with Crippen LogP contribution in [-0.2, 0) is 25.6 Å². The van der Waals surface area contributed by atoms with Gasteiger partial charge in [-0.05, 0) is 5.56 Å². The summed E-state index contributed by atoms with van der Waals surface area (Å²) in [6, 6.07) is 9.50. The average molecular weight is 283 g/mol. The van der Waals surface area contributed by atoms with E-state index in [2.05, 4.69) is 5.32 Å². The van der Waals surface area contributed by atoms with E-state index >= 15 is 0 Å². The van der Waals surface area contributed by atoms with Gasteiger partial charge < -0.3 is 24.3 Å². The van der Waals surface area contributed by atoms with Crippen molar-refractivity contribution in [1.82, 2.24) is 5.32 Å². The van der Waals surface area contributed by atoms with Crippen LogP contribution >= 0.6 is 0 Å². The van der Waals surface area contributed by atoms with Crippen LogP contribution in [0.1, 0.15) is 5.56 Å². The van der Waals surface area contributed by atoms with E-state index in [0.29, 0.717) is 26.4 Å². The van der Waals surface area contributed by atoms with Crippen molar-refractivity contribution < 1.29 is 23.7 Å². The molecule has 1 N–H and O–H groups in total. The molecule has 20 heavy (non-hydrogen) atoms. The molecule has 1 amide bonds. The van der Waals surface area contributed by atoms with Crippen molar-refractivity contribution >= 4 is 6.09 Å². The van der Waals surface area contributed by atoms with E-state index in [-0.39, 0.29) is 13.4 Å². The minimum atomic E-state index is -0.460. The number of rotatable bonds is 10. The summed E-state index contributed by atoms with van der Waals surface area (Å²) in [5, 5.41) is 2.59. The van der Waals surface area contributed by atoms with Crippen molar-refractivity contribution in [2.45, 2.75) is 6.61 Å². The van der Waals surface area contributed by atoms with Crippen molar-refractivity contribution in [3.05, 3.63) is 35.9 Å². The number of methoxy groups -OCH3 is 1. The lowest BCUT2D eigenvalue weighted by Crippen LogP contribution is -2.28. The zero-order valence-corrected chi connectivity index (χ0v) is 11.7. The Morgan fingerprint density at radius 1 is 1.10 bits per heavy atom. The lowest BCUT2D eigenvalue weighted by Gasteiger charge is -2.08. The van der Waals surface area contributed by atoms with Gasteiger partial charge in [-0.15, -0.1) is 0 Å².